The van der Waals surface area contributed by atoms with Gasteiger partial charge in [-0.1, -0.05) is 35.9 Å². The maximum absolute atomic E-state index is 12.6. The van der Waals surface area contributed by atoms with Crippen LogP contribution in [0, 0.1) is 6.92 Å². The predicted octanol–water partition coefficient (Wildman–Crippen LogP) is 2.94. The van der Waals surface area contributed by atoms with E-state index in [1.54, 1.807) is 14.2 Å². The zero-order valence-electron chi connectivity index (χ0n) is 17.1. The van der Waals surface area contributed by atoms with Gasteiger partial charge in [-0.15, -0.1) is 0 Å². The molecule has 0 N–H and O–H groups in total. The van der Waals surface area contributed by atoms with Crippen molar-refractivity contribution in [2.24, 2.45) is 0 Å². The first-order chi connectivity index (χ1) is 13.6. The molecule has 0 unspecified atom stereocenters. The summed E-state index contributed by atoms with van der Waals surface area (Å²) < 4.78 is 10.7. The van der Waals surface area contributed by atoms with Gasteiger partial charge in [-0.2, -0.15) is 0 Å². The van der Waals surface area contributed by atoms with Crippen LogP contribution < -0.4 is 9.47 Å². The fourth-order valence-electron chi connectivity index (χ4n) is 3.54. The number of benzene rings is 2. The maximum Gasteiger partial charge on any atom is 0.227 e. The lowest BCUT2D eigenvalue weighted by molar-refractivity contribution is -0.132. The van der Waals surface area contributed by atoms with Crippen molar-refractivity contribution in [2.75, 3.05) is 46.9 Å². The third kappa shape index (κ3) is 5.26. The minimum Gasteiger partial charge on any atom is -0.493 e. The van der Waals surface area contributed by atoms with E-state index < -0.39 is 0 Å². The molecule has 0 bridgehead atoms. The molecule has 1 aliphatic rings. The number of hydrogen-bond donors (Lipinski definition) is 0. The van der Waals surface area contributed by atoms with E-state index >= 15 is 0 Å². The molecule has 0 saturated carbocycles. The van der Waals surface area contributed by atoms with Crippen LogP contribution in [0.15, 0.2) is 42.5 Å². The van der Waals surface area contributed by atoms with Crippen LogP contribution >= 0.6 is 0 Å². The Labute approximate surface area is 167 Å². The third-order valence-corrected chi connectivity index (χ3v) is 5.37. The largest absolute Gasteiger partial charge is 0.493 e. The summed E-state index contributed by atoms with van der Waals surface area (Å²) in [4.78, 5) is 17.0. The Morgan fingerprint density at radius 1 is 0.893 bits per heavy atom. The monoisotopic (exact) mass is 382 g/mol. The molecule has 5 nitrogen and oxygen atoms in total. The fourth-order valence-corrected chi connectivity index (χ4v) is 3.54. The van der Waals surface area contributed by atoms with Gasteiger partial charge in [0.1, 0.15) is 0 Å². The average Bonchev–Trinajstić information content (AvgIpc) is 2.74. The Kier molecular flexibility index (Phi) is 6.93. The highest BCUT2D eigenvalue weighted by Crippen LogP contribution is 2.27. The molecule has 5 heteroatoms. The maximum atomic E-state index is 12.6. The first-order valence-electron chi connectivity index (χ1n) is 9.85. The molecule has 2 aromatic carbocycles. The highest BCUT2D eigenvalue weighted by Gasteiger charge is 2.21. The van der Waals surface area contributed by atoms with Crippen molar-refractivity contribution in [3.63, 3.8) is 0 Å². The van der Waals surface area contributed by atoms with Gasteiger partial charge < -0.3 is 14.4 Å². The minimum absolute atomic E-state index is 0.225. The van der Waals surface area contributed by atoms with Gasteiger partial charge in [0.2, 0.25) is 5.91 Å². The first-order valence-corrected chi connectivity index (χ1v) is 9.85. The summed E-state index contributed by atoms with van der Waals surface area (Å²) in [7, 11) is 3.31. The molecule has 1 saturated heterocycles. The number of methoxy groups -OCH3 is 2. The van der Waals surface area contributed by atoms with Gasteiger partial charge in [0.25, 0.3) is 0 Å². The predicted molar refractivity (Wildman–Crippen MR) is 111 cm³/mol. The molecule has 0 aromatic heterocycles. The highest BCUT2D eigenvalue weighted by atomic mass is 16.5. The molecule has 0 radical (unpaired) electrons. The molecule has 2 aromatic rings. The van der Waals surface area contributed by atoms with Crippen LogP contribution in [0.4, 0.5) is 0 Å². The molecule has 0 spiro atoms. The SMILES string of the molecule is COc1ccc(CCN2CCN(C(=O)Cc3ccc(C)cc3)CC2)cc1OC. The van der Waals surface area contributed by atoms with E-state index in [0.29, 0.717) is 6.42 Å². The van der Waals surface area contributed by atoms with Gasteiger partial charge in [-0.3, -0.25) is 9.69 Å². The van der Waals surface area contributed by atoms with Crippen LogP contribution in [0.2, 0.25) is 0 Å². The number of hydrogen-bond acceptors (Lipinski definition) is 4. The number of nitrogens with zero attached hydrogens (tertiary/aromatic N) is 2. The lowest BCUT2D eigenvalue weighted by Crippen LogP contribution is -2.49. The summed E-state index contributed by atoms with van der Waals surface area (Å²) in [5, 5.41) is 0. The summed E-state index contributed by atoms with van der Waals surface area (Å²) in [6.45, 7) is 6.50. The van der Waals surface area contributed by atoms with E-state index in [1.165, 1.54) is 11.1 Å². The minimum atomic E-state index is 0.225. The van der Waals surface area contributed by atoms with Gasteiger partial charge in [0.15, 0.2) is 11.5 Å². The average molecular weight is 383 g/mol. The summed E-state index contributed by atoms with van der Waals surface area (Å²) in [5.41, 5.74) is 3.54. The van der Waals surface area contributed by atoms with Crippen molar-refractivity contribution in [3.05, 3.63) is 59.2 Å². The molecule has 1 amide bonds. The lowest BCUT2D eigenvalue weighted by atomic mass is 10.1. The molecule has 28 heavy (non-hydrogen) atoms. The van der Waals surface area contributed by atoms with E-state index in [0.717, 1.165) is 56.2 Å². The van der Waals surface area contributed by atoms with Gasteiger partial charge in [-0.25, -0.2) is 0 Å². The van der Waals surface area contributed by atoms with E-state index in [9.17, 15) is 4.79 Å². The van der Waals surface area contributed by atoms with Crippen LogP contribution in [-0.2, 0) is 17.6 Å². The second-order valence-electron chi connectivity index (χ2n) is 7.32. The van der Waals surface area contributed by atoms with Crippen molar-refractivity contribution in [1.82, 2.24) is 9.80 Å². The van der Waals surface area contributed by atoms with Gasteiger partial charge in [0.05, 0.1) is 20.6 Å². The Morgan fingerprint density at radius 2 is 1.54 bits per heavy atom. The molecule has 1 heterocycles. The lowest BCUT2D eigenvalue weighted by Gasteiger charge is -2.35. The van der Waals surface area contributed by atoms with E-state index in [-0.39, 0.29) is 5.91 Å². The zero-order chi connectivity index (χ0) is 19.9. The highest BCUT2D eigenvalue weighted by molar-refractivity contribution is 5.78. The molecule has 0 atom stereocenters. The van der Waals surface area contributed by atoms with Gasteiger partial charge in [-0.05, 0) is 36.6 Å². The molecular formula is C23H30N2O3. The second kappa shape index (κ2) is 9.60. The van der Waals surface area contributed by atoms with Crippen molar-refractivity contribution < 1.29 is 14.3 Å². The molecular weight excluding hydrogens is 352 g/mol. The number of carbonyl (C=O) groups is 1. The fraction of sp³-hybridized carbons (Fsp3) is 0.435. The topological polar surface area (TPSA) is 42.0 Å². The molecule has 0 aliphatic carbocycles. The summed E-state index contributed by atoms with van der Waals surface area (Å²) >= 11 is 0. The normalized spacial score (nSPS) is 14.8. The quantitative estimate of drug-likeness (QED) is 0.738. The molecule has 1 aliphatic heterocycles. The number of piperazine rings is 1. The van der Waals surface area contributed by atoms with Crippen LogP contribution in [0.25, 0.3) is 0 Å². The standard InChI is InChI=1S/C23H30N2O3/c1-18-4-6-19(7-5-18)17-23(26)25-14-12-24(13-15-25)11-10-20-8-9-21(27-2)22(16-20)28-3/h4-9,16H,10-15,17H2,1-3H3. The number of aryl methyl sites for hydroxylation is 1. The number of ether oxygens (including phenoxy) is 2. The third-order valence-electron chi connectivity index (χ3n) is 5.37. The van der Waals surface area contributed by atoms with Crippen LogP contribution in [0.1, 0.15) is 16.7 Å². The summed E-state index contributed by atoms with van der Waals surface area (Å²) in [6.07, 6.45) is 1.45. The van der Waals surface area contributed by atoms with Gasteiger partial charge >= 0.3 is 0 Å². The number of carbonyl (C=O) groups excluding carboxylic acids is 1. The van der Waals surface area contributed by atoms with Crippen LogP contribution in [-0.4, -0.2) is 62.7 Å². The molecule has 3 rings (SSSR count). The van der Waals surface area contributed by atoms with Gasteiger partial charge in [0, 0.05) is 32.7 Å². The van der Waals surface area contributed by atoms with Crippen molar-refractivity contribution in [2.45, 2.75) is 19.8 Å². The summed E-state index contributed by atoms with van der Waals surface area (Å²) in [5.74, 6) is 1.75. The Bertz CT molecular complexity index is 781. The molecule has 150 valence electrons. The van der Waals surface area contributed by atoms with Crippen LogP contribution in [0.5, 0.6) is 11.5 Å². The Balaban J connectivity index is 1.45. The van der Waals surface area contributed by atoms with Crippen molar-refractivity contribution >= 4 is 5.91 Å². The van der Waals surface area contributed by atoms with E-state index in [2.05, 4.69) is 30.0 Å². The van der Waals surface area contributed by atoms with Crippen molar-refractivity contribution in [3.8, 4) is 11.5 Å². The number of amides is 1. The molecule has 1 fully saturated rings. The zero-order valence-corrected chi connectivity index (χ0v) is 17.1. The summed E-state index contributed by atoms with van der Waals surface area (Å²) in [6, 6.07) is 14.3. The number of rotatable bonds is 7. The Hall–Kier alpha value is -2.53. The smallest absolute Gasteiger partial charge is 0.227 e. The Morgan fingerprint density at radius 3 is 2.18 bits per heavy atom. The van der Waals surface area contributed by atoms with Crippen molar-refractivity contribution in [1.29, 1.82) is 0 Å². The van der Waals surface area contributed by atoms with Crippen LogP contribution in [0.3, 0.4) is 0 Å². The first kappa shape index (κ1) is 20.2. The van der Waals surface area contributed by atoms with E-state index in [4.69, 9.17) is 9.47 Å². The van der Waals surface area contributed by atoms with E-state index in [1.807, 2.05) is 29.2 Å². The second-order valence-corrected chi connectivity index (χ2v) is 7.32.